The molecule has 0 aliphatic rings. The zero-order chi connectivity index (χ0) is 21.4. The summed E-state index contributed by atoms with van der Waals surface area (Å²) < 4.78 is 7.35. The molecule has 1 heterocycles. The van der Waals surface area contributed by atoms with E-state index in [1.54, 1.807) is 35.9 Å². The summed E-state index contributed by atoms with van der Waals surface area (Å²) in [4.78, 5) is 28.6. The van der Waals surface area contributed by atoms with Gasteiger partial charge >= 0.3 is 0 Å². The smallest absolute Gasteiger partial charge is 0.277 e. The van der Waals surface area contributed by atoms with Gasteiger partial charge in [0.05, 0.1) is 12.3 Å². The van der Waals surface area contributed by atoms with Crippen LogP contribution in [0.3, 0.4) is 0 Å². The molecule has 0 fully saturated rings. The van der Waals surface area contributed by atoms with Crippen molar-refractivity contribution in [3.8, 4) is 5.75 Å². The highest BCUT2D eigenvalue weighted by atomic mass is 16.5. The number of rotatable bonds is 10. The summed E-state index contributed by atoms with van der Waals surface area (Å²) in [5.41, 5.74) is 1.65. The first-order chi connectivity index (χ1) is 13.9. The van der Waals surface area contributed by atoms with Crippen LogP contribution in [0.4, 0.5) is 11.4 Å². The number of carbonyl (C=O) groups is 1. The van der Waals surface area contributed by atoms with Crippen molar-refractivity contribution in [2.45, 2.75) is 46.6 Å². The monoisotopic (exact) mass is 399 g/mol. The Morgan fingerprint density at radius 3 is 2.48 bits per heavy atom. The molecule has 0 saturated heterocycles. The number of ether oxygens (including phenoxy) is 1. The minimum Gasteiger partial charge on any atom is -0.492 e. The van der Waals surface area contributed by atoms with Gasteiger partial charge < -0.3 is 20.8 Å². The molecule has 0 unspecified atom stereocenters. The van der Waals surface area contributed by atoms with E-state index < -0.39 is 0 Å². The Balaban J connectivity index is 2.16. The molecule has 0 bridgehead atoms. The van der Waals surface area contributed by atoms with Crippen molar-refractivity contribution >= 4 is 23.0 Å². The zero-order valence-corrected chi connectivity index (χ0v) is 17.5. The molecule has 0 spiro atoms. The first-order valence-corrected chi connectivity index (χ1v) is 9.80. The fourth-order valence-electron chi connectivity index (χ4n) is 3.00. The molecular weight excluding hydrogens is 370 g/mol. The number of nitrogens with one attached hydrogen (secondary N) is 3. The average Bonchev–Trinajstić information content (AvgIpc) is 2.69. The van der Waals surface area contributed by atoms with E-state index in [0.717, 1.165) is 6.42 Å². The lowest BCUT2D eigenvalue weighted by molar-refractivity contribution is -0.114. The van der Waals surface area contributed by atoms with Crippen molar-refractivity contribution in [1.82, 2.24) is 9.55 Å². The van der Waals surface area contributed by atoms with Crippen LogP contribution in [0.5, 0.6) is 5.75 Å². The number of hydrogen-bond donors (Lipinski definition) is 3. The van der Waals surface area contributed by atoms with Crippen LogP contribution in [0.1, 0.15) is 45.1 Å². The first-order valence-electron chi connectivity index (χ1n) is 9.80. The van der Waals surface area contributed by atoms with Crippen LogP contribution in [-0.4, -0.2) is 34.8 Å². The molecule has 156 valence electrons. The second kappa shape index (κ2) is 10.4. The Morgan fingerprint density at radius 2 is 1.93 bits per heavy atom. The summed E-state index contributed by atoms with van der Waals surface area (Å²) in [5.74, 6) is 1.15. The molecule has 1 aromatic heterocycles. The molecule has 1 aromatic carbocycles. The third-order valence-electron chi connectivity index (χ3n) is 4.36. The number of carbonyl (C=O) groups excluding carboxylic acids is 1. The van der Waals surface area contributed by atoms with E-state index in [2.05, 4.69) is 15.6 Å². The first kappa shape index (κ1) is 22.1. The normalized spacial score (nSPS) is 10.5. The van der Waals surface area contributed by atoms with Crippen LogP contribution in [0.2, 0.25) is 0 Å². The summed E-state index contributed by atoms with van der Waals surface area (Å²) in [7, 11) is 1.67. The van der Waals surface area contributed by atoms with Crippen molar-refractivity contribution in [3.05, 3.63) is 46.1 Å². The minimum absolute atomic E-state index is 0.131. The summed E-state index contributed by atoms with van der Waals surface area (Å²) in [6.45, 7) is 6.03. The summed E-state index contributed by atoms with van der Waals surface area (Å²) in [6, 6.07) is 7.05. The van der Waals surface area contributed by atoms with Gasteiger partial charge in [0, 0.05) is 26.1 Å². The van der Waals surface area contributed by atoms with E-state index in [9.17, 15) is 9.59 Å². The standard InChI is InChI=1S/C21H29N5O3/c1-5-7-17(22)19-20(23-4)21(28)26(18(6-2)25-19)12-13-29-16-10-8-15(9-11-16)24-14(3)27/h8-11,22-23H,5-7,12-13H2,1-4H3,(H,24,27). The van der Waals surface area contributed by atoms with Gasteiger partial charge in [0.15, 0.2) is 0 Å². The fourth-order valence-corrected chi connectivity index (χ4v) is 3.00. The predicted molar refractivity (Wildman–Crippen MR) is 115 cm³/mol. The largest absolute Gasteiger partial charge is 0.492 e. The van der Waals surface area contributed by atoms with Crippen LogP contribution < -0.4 is 20.9 Å². The van der Waals surface area contributed by atoms with Gasteiger partial charge in [-0.15, -0.1) is 0 Å². The lowest BCUT2D eigenvalue weighted by atomic mass is 10.1. The number of amides is 1. The molecule has 1 amide bonds. The third-order valence-corrected chi connectivity index (χ3v) is 4.36. The van der Waals surface area contributed by atoms with E-state index in [4.69, 9.17) is 10.1 Å². The molecule has 0 aliphatic heterocycles. The maximum Gasteiger partial charge on any atom is 0.277 e. The number of anilines is 2. The molecule has 8 nitrogen and oxygen atoms in total. The highest BCUT2D eigenvalue weighted by Crippen LogP contribution is 2.16. The van der Waals surface area contributed by atoms with Crippen molar-refractivity contribution in [2.24, 2.45) is 0 Å². The quantitative estimate of drug-likeness (QED) is 0.532. The van der Waals surface area contributed by atoms with Gasteiger partial charge in [-0.1, -0.05) is 20.3 Å². The van der Waals surface area contributed by atoms with Crippen LogP contribution in [0.25, 0.3) is 0 Å². The predicted octanol–water partition coefficient (Wildman–Crippen LogP) is 3.05. The zero-order valence-electron chi connectivity index (χ0n) is 17.5. The van der Waals surface area contributed by atoms with Gasteiger partial charge in [0.25, 0.3) is 5.56 Å². The van der Waals surface area contributed by atoms with E-state index >= 15 is 0 Å². The van der Waals surface area contributed by atoms with Crippen LogP contribution in [0.15, 0.2) is 29.1 Å². The number of nitrogens with zero attached hydrogens (tertiary/aromatic N) is 2. The van der Waals surface area contributed by atoms with E-state index in [1.165, 1.54) is 6.92 Å². The average molecular weight is 399 g/mol. The van der Waals surface area contributed by atoms with Crippen LogP contribution in [0, 0.1) is 5.41 Å². The topological polar surface area (TPSA) is 109 Å². The molecule has 0 radical (unpaired) electrons. The lowest BCUT2D eigenvalue weighted by Crippen LogP contribution is -2.31. The summed E-state index contributed by atoms with van der Waals surface area (Å²) >= 11 is 0. The Bertz CT molecular complexity index is 919. The van der Waals surface area contributed by atoms with Crippen molar-refractivity contribution in [1.29, 1.82) is 5.41 Å². The van der Waals surface area contributed by atoms with E-state index in [-0.39, 0.29) is 11.5 Å². The van der Waals surface area contributed by atoms with Crippen molar-refractivity contribution in [2.75, 3.05) is 24.3 Å². The Morgan fingerprint density at radius 1 is 1.24 bits per heavy atom. The summed E-state index contributed by atoms with van der Waals surface area (Å²) in [6.07, 6.45) is 1.98. The van der Waals surface area contributed by atoms with E-state index in [1.807, 2.05) is 13.8 Å². The van der Waals surface area contributed by atoms with Gasteiger partial charge in [-0.25, -0.2) is 4.98 Å². The molecule has 2 aromatic rings. The number of benzene rings is 1. The Hall–Kier alpha value is -3.16. The minimum atomic E-state index is -0.195. The second-order valence-electron chi connectivity index (χ2n) is 6.59. The number of hydrogen-bond acceptors (Lipinski definition) is 6. The molecule has 8 heteroatoms. The molecular formula is C21H29N5O3. The van der Waals surface area contributed by atoms with Gasteiger partial charge in [-0.3, -0.25) is 14.2 Å². The van der Waals surface area contributed by atoms with Gasteiger partial charge in [-0.2, -0.15) is 0 Å². The molecule has 29 heavy (non-hydrogen) atoms. The van der Waals surface area contributed by atoms with E-state index in [0.29, 0.717) is 60.3 Å². The van der Waals surface area contributed by atoms with Gasteiger partial charge in [-0.05, 0) is 30.7 Å². The Kier molecular flexibility index (Phi) is 7.94. The molecule has 0 saturated carbocycles. The van der Waals surface area contributed by atoms with Gasteiger partial charge in [0.2, 0.25) is 5.91 Å². The van der Waals surface area contributed by atoms with Crippen LogP contribution >= 0.6 is 0 Å². The second-order valence-corrected chi connectivity index (χ2v) is 6.59. The molecule has 2 rings (SSSR count). The number of aromatic nitrogens is 2. The highest BCUT2D eigenvalue weighted by molar-refractivity contribution is 6.00. The molecule has 3 N–H and O–H groups in total. The third kappa shape index (κ3) is 5.66. The van der Waals surface area contributed by atoms with Crippen LogP contribution in [-0.2, 0) is 17.8 Å². The maximum atomic E-state index is 13.0. The molecule has 0 atom stereocenters. The highest BCUT2D eigenvalue weighted by Gasteiger charge is 2.17. The fraction of sp³-hybridized carbons (Fsp3) is 0.429. The lowest BCUT2D eigenvalue weighted by Gasteiger charge is -2.17. The summed E-state index contributed by atoms with van der Waals surface area (Å²) in [5, 5.41) is 13.8. The molecule has 0 aliphatic carbocycles. The SMILES string of the molecule is CCCC(=N)c1nc(CC)n(CCOc2ccc(NC(C)=O)cc2)c(=O)c1NC. The number of aryl methyl sites for hydroxylation is 1. The van der Waals surface area contributed by atoms with Crippen molar-refractivity contribution in [3.63, 3.8) is 0 Å². The maximum absolute atomic E-state index is 13.0. The van der Waals surface area contributed by atoms with Crippen molar-refractivity contribution < 1.29 is 9.53 Å². The van der Waals surface area contributed by atoms with Gasteiger partial charge in [0.1, 0.15) is 29.6 Å². The Labute approximate surface area is 170 Å².